The fraction of sp³-hybridized carbons (Fsp3) is 0.455. The zero-order valence-electron chi connectivity index (χ0n) is 15.9. The van der Waals surface area contributed by atoms with Gasteiger partial charge in [0.1, 0.15) is 0 Å². The first kappa shape index (κ1) is 17.8. The quantitative estimate of drug-likeness (QED) is 0.905. The van der Waals surface area contributed by atoms with E-state index in [9.17, 15) is 14.7 Å². The van der Waals surface area contributed by atoms with Crippen LogP contribution in [0.4, 0.5) is 0 Å². The van der Waals surface area contributed by atoms with E-state index in [4.69, 9.17) is 0 Å². The van der Waals surface area contributed by atoms with Gasteiger partial charge in [-0.2, -0.15) is 0 Å². The molecule has 1 saturated carbocycles. The Morgan fingerprint density at radius 1 is 1.19 bits per heavy atom. The molecule has 0 radical (unpaired) electrons. The number of carboxylic acid groups (broad SMARTS) is 1. The summed E-state index contributed by atoms with van der Waals surface area (Å²) in [4.78, 5) is 27.1. The van der Waals surface area contributed by atoms with Crippen LogP contribution in [-0.2, 0) is 11.8 Å². The van der Waals surface area contributed by atoms with Crippen LogP contribution < -0.4 is 0 Å². The summed E-state index contributed by atoms with van der Waals surface area (Å²) in [6, 6.07) is 12.2. The van der Waals surface area contributed by atoms with Crippen molar-refractivity contribution in [2.45, 2.75) is 32.1 Å². The molecule has 2 heterocycles. The lowest BCUT2D eigenvalue weighted by atomic mass is 9.64. The predicted molar refractivity (Wildman–Crippen MR) is 103 cm³/mol. The Bertz CT molecular complexity index is 873. The molecule has 1 aromatic carbocycles. The molecule has 27 heavy (non-hydrogen) atoms. The lowest BCUT2D eigenvalue weighted by molar-refractivity contribution is -0.152. The highest BCUT2D eigenvalue weighted by molar-refractivity contribution is 5.96. The van der Waals surface area contributed by atoms with Gasteiger partial charge in [-0.1, -0.05) is 30.3 Å². The van der Waals surface area contributed by atoms with Gasteiger partial charge in [0.05, 0.1) is 11.0 Å². The average molecular weight is 366 g/mol. The van der Waals surface area contributed by atoms with Gasteiger partial charge in [-0.3, -0.25) is 9.59 Å². The molecule has 3 atom stereocenters. The van der Waals surface area contributed by atoms with Gasteiger partial charge in [-0.05, 0) is 49.7 Å². The van der Waals surface area contributed by atoms with Gasteiger partial charge in [-0.15, -0.1) is 0 Å². The van der Waals surface area contributed by atoms with Crippen LogP contribution in [0.25, 0.3) is 0 Å². The number of rotatable bonds is 3. The Morgan fingerprint density at radius 3 is 2.56 bits per heavy atom. The van der Waals surface area contributed by atoms with E-state index in [1.54, 1.807) is 4.90 Å². The molecule has 5 heteroatoms. The van der Waals surface area contributed by atoms with E-state index in [0.29, 0.717) is 31.0 Å². The molecule has 2 aliphatic rings. The van der Waals surface area contributed by atoms with Crippen LogP contribution in [0.5, 0.6) is 0 Å². The van der Waals surface area contributed by atoms with Crippen LogP contribution in [0.2, 0.25) is 0 Å². The lowest BCUT2D eigenvalue weighted by Gasteiger charge is -2.38. The monoisotopic (exact) mass is 366 g/mol. The number of aromatic nitrogens is 1. The van der Waals surface area contributed by atoms with Crippen LogP contribution in [0.3, 0.4) is 0 Å². The number of aliphatic carboxylic acids is 1. The Hall–Kier alpha value is -2.56. The largest absolute Gasteiger partial charge is 0.481 e. The number of amides is 1. The highest BCUT2D eigenvalue weighted by atomic mass is 16.4. The average Bonchev–Trinajstić information content (AvgIpc) is 3.23. The number of benzene rings is 1. The van der Waals surface area contributed by atoms with Crippen molar-refractivity contribution in [2.75, 3.05) is 13.1 Å². The first-order valence-electron chi connectivity index (χ1n) is 9.62. The second kappa shape index (κ2) is 6.55. The van der Waals surface area contributed by atoms with E-state index in [1.165, 1.54) is 5.56 Å². The van der Waals surface area contributed by atoms with E-state index < -0.39 is 11.4 Å². The molecule has 4 rings (SSSR count). The van der Waals surface area contributed by atoms with Crippen molar-refractivity contribution in [1.29, 1.82) is 0 Å². The summed E-state index contributed by atoms with van der Waals surface area (Å²) in [5, 5.41) is 10.0. The van der Waals surface area contributed by atoms with Crippen LogP contribution in [0.1, 0.15) is 46.8 Å². The fourth-order valence-electron chi connectivity index (χ4n) is 4.99. The van der Waals surface area contributed by atoms with Gasteiger partial charge < -0.3 is 14.6 Å². The topological polar surface area (TPSA) is 62.5 Å². The van der Waals surface area contributed by atoms with Gasteiger partial charge >= 0.3 is 5.97 Å². The normalized spacial score (nSPS) is 27.4. The van der Waals surface area contributed by atoms with E-state index in [2.05, 4.69) is 12.1 Å². The number of fused-ring (bicyclic) bond motifs is 1. The molecule has 1 saturated heterocycles. The van der Waals surface area contributed by atoms with Crippen molar-refractivity contribution in [3.05, 3.63) is 59.4 Å². The zero-order valence-corrected chi connectivity index (χ0v) is 15.9. The van der Waals surface area contributed by atoms with E-state index in [1.807, 2.05) is 49.0 Å². The Morgan fingerprint density at radius 2 is 1.93 bits per heavy atom. The van der Waals surface area contributed by atoms with Crippen LogP contribution in [0, 0.1) is 18.3 Å². The SMILES string of the molecule is Cc1c(C(=O)N2C[C@@H]3C[C@@H](c4ccccc4)CC[C@]3(C(=O)O)C2)ccn1C. The first-order chi connectivity index (χ1) is 12.9. The molecular formula is C22H26N2O3. The molecule has 2 fully saturated rings. The minimum atomic E-state index is -0.802. The number of hydrogen-bond donors (Lipinski definition) is 1. The predicted octanol–water partition coefficient (Wildman–Crippen LogP) is 3.44. The molecule has 1 aromatic heterocycles. The number of carbonyl (C=O) groups is 2. The van der Waals surface area contributed by atoms with Crippen molar-refractivity contribution < 1.29 is 14.7 Å². The maximum Gasteiger partial charge on any atom is 0.311 e. The molecule has 1 aliphatic heterocycles. The van der Waals surface area contributed by atoms with Crippen molar-refractivity contribution in [3.63, 3.8) is 0 Å². The summed E-state index contributed by atoms with van der Waals surface area (Å²) in [6.07, 6.45) is 4.20. The molecule has 0 bridgehead atoms. The second-order valence-electron chi connectivity index (χ2n) is 8.15. The summed E-state index contributed by atoms with van der Waals surface area (Å²) < 4.78 is 1.93. The number of likely N-dealkylation sites (tertiary alicyclic amines) is 1. The number of carboxylic acids is 1. The summed E-state index contributed by atoms with van der Waals surface area (Å²) >= 11 is 0. The third kappa shape index (κ3) is 2.85. The summed E-state index contributed by atoms with van der Waals surface area (Å²) in [7, 11) is 1.92. The molecule has 0 spiro atoms. The molecule has 1 amide bonds. The van der Waals surface area contributed by atoms with E-state index >= 15 is 0 Å². The summed E-state index contributed by atoms with van der Waals surface area (Å²) in [5.41, 5.74) is 2.07. The Kier molecular flexibility index (Phi) is 4.33. The third-order valence-electron chi connectivity index (χ3n) is 6.80. The third-order valence-corrected chi connectivity index (χ3v) is 6.80. The van der Waals surface area contributed by atoms with Crippen molar-refractivity contribution >= 4 is 11.9 Å². The molecule has 1 N–H and O–H groups in total. The van der Waals surface area contributed by atoms with E-state index in [0.717, 1.165) is 18.5 Å². The molecular weight excluding hydrogens is 340 g/mol. The zero-order chi connectivity index (χ0) is 19.2. The van der Waals surface area contributed by atoms with Crippen molar-refractivity contribution in [3.8, 4) is 0 Å². The maximum atomic E-state index is 13.1. The fourth-order valence-corrected chi connectivity index (χ4v) is 4.99. The first-order valence-corrected chi connectivity index (χ1v) is 9.62. The van der Waals surface area contributed by atoms with E-state index in [-0.39, 0.29) is 11.8 Å². The summed E-state index contributed by atoms with van der Waals surface area (Å²) in [5.74, 6) is -0.419. The van der Waals surface area contributed by atoms with Gasteiger partial charge in [0.2, 0.25) is 0 Å². The maximum absolute atomic E-state index is 13.1. The van der Waals surface area contributed by atoms with Crippen molar-refractivity contribution in [1.82, 2.24) is 9.47 Å². The molecule has 142 valence electrons. The number of hydrogen-bond acceptors (Lipinski definition) is 2. The minimum Gasteiger partial charge on any atom is -0.481 e. The van der Waals surface area contributed by atoms with Gasteiger partial charge in [-0.25, -0.2) is 0 Å². The second-order valence-corrected chi connectivity index (χ2v) is 8.15. The Labute approximate surface area is 159 Å². The molecule has 0 unspecified atom stereocenters. The van der Waals surface area contributed by atoms with Crippen molar-refractivity contribution in [2.24, 2.45) is 18.4 Å². The number of carbonyl (C=O) groups excluding carboxylic acids is 1. The molecule has 1 aliphatic carbocycles. The molecule has 5 nitrogen and oxygen atoms in total. The Balaban J connectivity index is 1.59. The number of nitrogens with zero attached hydrogens (tertiary/aromatic N) is 2. The molecule has 2 aromatic rings. The minimum absolute atomic E-state index is 0.00178. The van der Waals surface area contributed by atoms with Crippen LogP contribution in [-0.4, -0.2) is 39.5 Å². The highest BCUT2D eigenvalue weighted by Gasteiger charge is 2.56. The number of aryl methyl sites for hydroxylation is 1. The summed E-state index contributed by atoms with van der Waals surface area (Å²) in [6.45, 7) is 2.78. The van der Waals surface area contributed by atoms with Gasteiger partial charge in [0.15, 0.2) is 0 Å². The van der Waals surface area contributed by atoms with Gasteiger partial charge in [0.25, 0.3) is 5.91 Å². The standard InChI is InChI=1S/C22H26N2O3/c1-15-19(9-11-23(15)2)20(25)24-13-18-12-17(16-6-4-3-5-7-16)8-10-22(18,14-24)21(26)27/h3-7,9,11,17-18H,8,10,12-14H2,1-2H3,(H,26,27)/t17-,18-,22-/m0/s1. The van der Waals surface area contributed by atoms with Gasteiger partial charge in [0, 0.05) is 32.0 Å². The smallest absolute Gasteiger partial charge is 0.311 e. The van der Waals surface area contributed by atoms with Crippen LogP contribution >= 0.6 is 0 Å². The lowest BCUT2D eigenvalue weighted by Crippen LogP contribution is -2.43. The van der Waals surface area contributed by atoms with Crippen LogP contribution in [0.15, 0.2) is 42.6 Å². The highest BCUT2D eigenvalue weighted by Crippen LogP contribution is 2.51.